The van der Waals surface area contributed by atoms with Crippen LogP contribution >= 0.6 is 0 Å². The van der Waals surface area contributed by atoms with Gasteiger partial charge in [-0.05, 0) is 19.3 Å². The Labute approximate surface area is 158 Å². The van der Waals surface area contributed by atoms with Crippen LogP contribution in [0, 0.1) is 0 Å². The van der Waals surface area contributed by atoms with Gasteiger partial charge in [0.05, 0.1) is 24.3 Å². The summed E-state index contributed by atoms with van der Waals surface area (Å²) in [6.45, 7) is 4.96. The molecule has 2 atom stereocenters. The molecule has 2 aliphatic rings. The first kappa shape index (κ1) is 18.1. The van der Waals surface area contributed by atoms with Crippen molar-refractivity contribution in [3.8, 4) is 0 Å². The molecule has 2 aromatic rings. The highest BCUT2D eigenvalue weighted by Crippen LogP contribution is 2.34. The van der Waals surface area contributed by atoms with E-state index in [4.69, 9.17) is 15.2 Å². The van der Waals surface area contributed by atoms with E-state index < -0.39 is 5.97 Å². The lowest BCUT2D eigenvalue weighted by Crippen LogP contribution is -2.23. The fraction of sp³-hybridized carbons (Fsp3) is 0.722. The minimum Gasteiger partial charge on any atom is -0.476 e. The molecule has 9 nitrogen and oxygen atoms in total. The Hall–Kier alpha value is -2.29. The predicted octanol–water partition coefficient (Wildman–Crippen LogP) is 2.47. The molecule has 2 N–H and O–H groups in total. The van der Waals surface area contributed by atoms with E-state index in [1.807, 2.05) is 0 Å². The van der Waals surface area contributed by atoms with Crippen molar-refractivity contribution in [3.63, 3.8) is 0 Å². The smallest absolute Gasteiger partial charge is 0.358 e. The third-order valence-electron chi connectivity index (χ3n) is 5.63. The molecule has 146 valence electrons. The highest BCUT2D eigenvalue weighted by molar-refractivity contribution is 5.84. The lowest BCUT2D eigenvalue weighted by molar-refractivity contribution is 0.0690. The molecule has 0 aromatic carbocycles. The maximum absolute atomic E-state index is 11.0. The first-order valence-electron chi connectivity index (χ1n) is 9.87. The van der Waals surface area contributed by atoms with Crippen LogP contribution in [-0.4, -0.2) is 47.4 Å². The van der Waals surface area contributed by atoms with Crippen LogP contribution in [0.15, 0.2) is 6.20 Å². The zero-order valence-electron chi connectivity index (χ0n) is 15.9. The lowest BCUT2D eigenvalue weighted by atomic mass is 9.95. The molecule has 1 saturated carbocycles. The Balaban J connectivity index is 1.56. The Morgan fingerprint density at radius 1 is 1.26 bits per heavy atom. The number of carboxylic acids is 1. The fourth-order valence-corrected chi connectivity index (χ4v) is 4.10. The van der Waals surface area contributed by atoms with E-state index in [1.54, 1.807) is 4.68 Å². The first-order chi connectivity index (χ1) is 13.0. The van der Waals surface area contributed by atoms with Crippen molar-refractivity contribution in [1.29, 1.82) is 0 Å². The zero-order valence-corrected chi connectivity index (χ0v) is 15.9. The molecule has 1 saturated heterocycles. The molecule has 1 aliphatic heterocycles. The number of carboxylic acid groups (broad SMARTS) is 1. The summed E-state index contributed by atoms with van der Waals surface area (Å²) >= 11 is 0. The van der Waals surface area contributed by atoms with Crippen molar-refractivity contribution in [1.82, 2.24) is 35.1 Å². The molecule has 2 fully saturated rings. The molecule has 2 aromatic heterocycles. The van der Waals surface area contributed by atoms with Gasteiger partial charge in [0.15, 0.2) is 11.5 Å². The molecule has 0 bridgehead atoms. The molecular formula is C18H27N7O2. The summed E-state index contributed by atoms with van der Waals surface area (Å²) in [5.41, 5.74) is -0.0223. The number of aromatic nitrogens is 6. The van der Waals surface area contributed by atoms with E-state index in [2.05, 4.69) is 34.2 Å². The highest BCUT2D eigenvalue weighted by Gasteiger charge is 2.33. The van der Waals surface area contributed by atoms with Crippen LogP contribution < -0.4 is 5.32 Å². The summed E-state index contributed by atoms with van der Waals surface area (Å²) < 4.78 is 3.82. The van der Waals surface area contributed by atoms with Crippen LogP contribution in [0.2, 0.25) is 0 Å². The first-order valence-corrected chi connectivity index (χ1v) is 9.87. The van der Waals surface area contributed by atoms with E-state index in [0.717, 1.165) is 30.9 Å². The van der Waals surface area contributed by atoms with Gasteiger partial charge in [-0.25, -0.2) is 19.1 Å². The van der Waals surface area contributed by atoms with Crippen LogP contribution in [0.3, 0.4) is 0 Å². The molecule has 0 radical (unpaired) electrons. The number of hydrogen-bond acceptors (Lipinski definition) is 6. The van der Waals surface area contributed by atoms with Crippen LogP contribution in [0.5, 0.6) is 0 Å². The SMILES string of the molecule is CC(C)c1nc([C@@H]2C[C@H](n3cc(C(=O)O)nn3)CN2)n(C2CCCCC2)n1. The summed E-state index contributed by atoms with van der Waals surface area (Å²) in [5, 5.41) is 25.2. The van der Waals surface area contributed by atoms with Crippen LogP contribution in [0.4, 0.5) is 0 Å². The molecule has 1 aliphatic carbocycles. The summed E-state index contributed by atoms with van der Waals surface area (Å²) in [6, 6.07) is 0.587. The molecule has 27 heavy (non-hydrogen) atoms. The van der Waals surface area contributed by atoms with Crippen LogP contribution in [0.25, 0.3) is 0 Å². The lowest BCUT2D eigenvalue weighted by Gasteiger charge is -2.24. The summed E-state index contributed by atoms with van der Waals surface area (Å²) in [4.78, 5) is 15.9. The van der Waals surface area contributed by atoms with Crippen LogP contribution in [0.1, 0.15) is 98.6 Å². The highest BCUT2D eigenvalue weighted by atomic mass is 16.4. The fourth-order valence-electron chi connectivity index (χ4n) is 4.10. The summed E-state index contributed by atoms with van der Waals surface area (Å²) in [7, 11) is 0. The van der Waals surface area contributed by atoms with Gasteiger partial charge in [-0.3, -0.25) is 0 Å². The largest absolute Gasteiger partial charge is 0.476 e. The van der Waals surface area contributed by atoms with Crippen molar-refractivity contribution in [2.24, 2.45) is 0 Å². The van der Waals surface area contributed by atoms with Gasteiger partial charge in [0.1, 0.15) is 5.82 Å². The number of aromatic carboxylic acids is 1. The normalized spacial score (nSPS) is 24.0. The molecule has 9 heteroatoms. The van der Waals surface area contributed by atoms with Gasteiger partial charge in [0.25, 0.3) is 0 Å². The molecule has 3 heterocycles. The van der Waals surface area contributed by atoms with Crippen molar-refractivity contribution in [3.05, 3.63) is 23.5 Å². The van der Waals surface area contributed by atoms with Crippen LogP contribution in [-0.2, 0) is 0 Å². The van der Waals surface area contributed by atoms with Gasteiger partial charge in [0, 0.05) is 12.5 Å². The second kappa shape index (κ2) is 7.38. The summed E-state index contributed by atoms with van der Waals surface area (Å²) in [6.07, 6.45) is 8.43. The van der Waals surface area contributed by atoms with Crippen molar-refractivity contribution >= 4 is 5.97 Å². The molecular weight excluding hydrogens is 346 g/mol. The average molecular weight is 373 g/mol. The number of hydrogen-bond donors (Lipinski definition) is 2. The van der Waals surface area contributed by atoms with E-state index in [0.29, 0.717) is 18.5 Å². The van der Waals surface area contributed by atoms with Gasteiger partial charge in [-0.15, -0.1) is 5.10 Å². The minimum absolute atomic E-state index is 0.0223. The number of carbonyl (C=O) groups is 1. The maximum atomic E-state index is 11.0. The maximum Gasteiger partial charge on any atom is 0.358 e. The number of rotatable bonds is 5. The van der Waals surface area contributed by atoms with Gasteiger partial charge in [0.2, 0.25) is 0 Å². The van der Waals surface area contributed by atoms with Crippen molar-refractivity contribution < 1.29 is 9.90 Å². The monoisotopic (exact) mass is 373 g/mol. The quantitative estimate of drug-likeness (QED) is 0.828. The molecule has 4 rings (SSSR count). The third kappa shape index (κ3) is 3.60. The summed E-state index contributed by atoms with van der Waals surface area (Å²) in [5.74, 6) is 1.14. The Kier molecular flexibility index (Phi) is 4.94. The van der Waals surface area contributed by atoms with E-state index in [-0.39, 0.29) is 17.8 Å². The molecule has 0 spiro atoms. The standard InChI is InChI=1S/C18H27N7O2/c1-11(2)16-20-17(25(22-16)12-6-4-3-5-7-12)14-8-13(9-19-14)24-10-15(18(26)27)21-23-24/h10-14,19H,3-9H2,1-2H3,(H,26,27)/t13-,14-/m0/s1. The van der Waals surface area contributed by atoms with Crippen molar-refractivity contribution in [2.45, 2.75) is 76.4 Å². The van der Waals surface area contributed by atoms with Gasteiger partial charge in [-0.1, -0.05) is 38.3 Å². The van der Waals surface area contributed by atoms with Gasteiger partial charge >= 0.3 is 5.97 Å². The Morgan fingerprint density at radius 2 is 2.04 bits per heavy atom. The Morgan fingerprint density at radius 3 is 2.70 bits per heavy atom. The van der Waals surface area contributed by atoms with Gasteiger partial charge in [-0.2, -0.15) is 5.10 Å². The minimum atomic E-state index is -1.05. The van der Waals surface area contributed by atoms with E-state index >= 15 is 0 Å². The average Bonchev–Trinajstić information content (AvgIpc) is 3.39. The number of nitrogens with zero attached hydrogens (tertiary/aromatic N) is 6. The third-order valence-corrected chi connectivity index (χ3v) is 5.63. The molecule has 0 unspecified atom stereocenters. The predicted molar refractivity (Wildman–Crippen MR) is 97.6 cm³/mol. The Bertz CT molecular complexity index is 806. The van der Waals surface area contributed by atoms with Crippen molar-refractivity contribution in [2.75, 3.05) is 6.54 Å². The second-order valence-corrected chi connectivity index (χ2v) is 7.96. The second-order valence-electron chi connectivity index (χ2n) is 7.96. The van der Waals surface area contributed by atoms with Gasteiger partial charge < -0.3 is 10.4 Å². The topological polar surface area (TPSA) is 111 Å². The zero-order chi connectivity index (χ0) is 19.0. The van der Waals surface area contributed by atoms with E-state index in [9.17, 15) is 4.79 Å². The number of nitrogens with one attached hydrogen (secondary N) is 1. The molecule has 0 amide bonds. The van der Waals surface area contributed by atoms with E-state index in [1.165, 1.54) is 25.5 Å².